The van der Waals surface area contributed by atoms with E-state index < -0.39 is 6.04 Å². The topological polar surface area (TPSA) is 56.0 Å². The van der Waals surface area contributed by atoms with Gasteiger partial charge in [0.05, 0.1) is 0 Å². The fourth-order valence-electron chi connectivity index (χ4n) is 2.99. The van der Waals surface area contributed by atoms with E-state index in [1.54, 1.807) is 13.1 Å². The zero-order chi connectivity index (χ0) is 18.1. The zero-order valence-electron chi connectivity index (χ0n) is 14.6. The van der Waals surface area contributed by atoms with Crippen LogP contribution in [0.5, 0.6) is 0 Å². The van der Waals surface area contributed by atoms with Crippen LogP contribution in [0.1, 0.15) is 11.1 Å². The Morgan fingerprint density at radius 3 is 2.76 bits per heavy atom. The molecule has 1 atom stereocenters. The van der Waals surface area contributed by atoms with Crippen LogP contribution in [0, 0.1) is 6.92 Å². The van der Waals surface area contributed by atoms with Crippen molar-refractivity contribution < 1.29 is 14.2 Å². The van der Waals surface area contributed by atoms with Crippen molar-refractivity contribution in [1.82, 2.24) is 9.80 Å². The largest absolute Gasteiger partial charge is 0.358 e. The third kappa shape index (κ3) is 3.11. The number of thioether (sulfide) groups is 1. The van der Waals surface area contributed by atoms with Crippen LogP contribution in [0.3, 0.4) is 0 Å². The minimum absolute atomic E-state index is 0.247. The van der Waals surface area contributed by atoms with Gasteiger partial charge in [0.2, 0.25) is 0 Å². The lowest BCUT2D eigenvalue weighted by Gasteiger charge is -2.30. The molecule has 130 valence electrons. The Morgan fingerprint density at radius 1 is 1.32 bits per heavy atom. The molecule has 1 aromatic carbocycles. The van der Waals surface area contributed by atoms with Gasteiger partial charge in [0.25, 0.3) is 17.8 Å². The molecule has 0 radical (unpaired) electrons. The lowest BCUT2D eigenvalue weighted by molar-refractivity contribution is -0.548. The van der Waals surface area contributed by atoms with Crippen molar-refractivity contribution in [3.63, 3.8) is 0 Å². The molecule has 0 N–H and O–H groups in total. The molecular weight excluding hydrogens is 336 g/mol. The first-order chi connectivity index (χ1) is 11.9. The molecule has 0 aliphatic carbocycles. The standard InChI is InChI=1S/C18H21N4O2S/c1-5-9-25-17-19-15-14(16(23)21(4)18(24)20(15)3)22(17)11-13-8-6-7-12(2)10-13/h5-8,10,14H,1,9,11H2,2-4H3/q+1. The van der Waals surface area contributed by atoms with Crippen molar-refractivity contribution >= 4 is 34.7 Å². The summed E-state index contributed by atoms with van der Waals surface area (Å²) in [7, 11) is 3.17. The van der Waals surface area contributed by atoms with Crippen LogP contribution in [0.25, 0.3) is 0 Å². The number of aliphatic imine (C=N–C) groups is 1. The molecule has 1 fully saturated rings. The second kappa shape index (κ2) is 6.84. The maximum atomic E-state index is 12.8. The molecule has 1 aromatic rings. The number of benzene rings is 1. The number of hydrogen-bond donors (Lipinski definition) is 0. The van der Waals surface area contributed by atoms with Gasteiger partial charge in [0, 0.05) is 19.8 Å². The van der Waals surface area contributed by atoms with Gasteiger partial charge in [-0.15, -0.1) is 6.58 Å². The van der Waals surface area contributed by atoms with E-state index in [-0.39, 0.29) is 11.9 Å². The van der Waals surface area contributed by atoms with Crippen LogP contribution in [-0.2, 0) is 11.3 Å². The molecule has 2 heterocycles. The van der Waals surface area contributed by atoms with Gasteiger partial charge in [0.1, 0.15) is 6.54 Å². The third-order valence-electron chi connectivity index (χ3n) is 4.26. The van der Waals surface area contributed by atoms with E-state index in [0.717, 1.165) is 21.2 Å². The molecule has 1 unspecified atom stereocenters. The lowest BCUT2D eigenvalue weighted by Crippen LogP contribution is -2.61. The van der Waals surface area contributed by atoms with E-state index in [0.29, 0.717) is 18.1 Å². The molecule has 1 saturated heterocycles. The van der Waals surface area contributed by atoms with Crippen molar-refractivity contribution in [3.8, 4) is 0 Å². The van der Waals surface area contributed by atoms with E-state index in [1.165, 1.54) is 23.7 Å². The predicted octanol–water partition coefficient (Wildman–Crippen LogP) is 2.09. The quantitative estimate of drug-likeness (QED) is 0.612. The van der Waals surface area contributed by atoms with Crippen LogP contribution in [0.2, 0.25) is 0 Å². The van der Waals surface area contributed by atoms with Crippen LogP contribution in [-0.4, -0.2) is 63.2 Å². The van der Waals surface area contributed by atoms with Crippen LogP contribution in [0.15, 0.2) is 41.9 Å². The number of amidine groups is 2. The molecule has 0 saturated carbocycles. The monoisotopic (exact) mass is 357 g/mol. The van der Waals surface area contributed by atoms with E-state index in [2.05, 4.69) is 17.6 Å². The van der Waals surface area contributed by atoms with E-state index in [4.69, 9.17) is 0 Å². The third-order valence-corrected chi connectivity index (χ3v) is 5.25. The second-order valence-electron chi connectivity index (χ2n) is 6.11. The summed E-state index contributed by atoms with van der Waals surface area (Å²) >= 11 is 1.52. The summed E-state index contributed by atoms with van der Waals surface area (Å²) in [5.74, 6) is 0.932. The predicted molar refractivity (Wildman–Crippen MR) is 100.0 cm³/mol. The maximum Gasteiger partial charge on any atom is 0.358 e. The summed E-state index contributed by atoms with van der Waals surface area (Å²) in [6, 6.07) is 7.25. The number of carbonyl (C=O) groups excluding carboxylic acids is 2. The Balaban J connectivity index is 2.01. The smallest absolute Gasteiger partial charge is 0.269 e. The number of nitrogens with zero attached hydrogens (tertiary/aromatic N) is 4. The Kier molecular flexibility index (Phi) is 4.76. The number of fused-ring (bicyclic) bond motifs is 1. The number of likely N-dealkylation sites (N-methyl/N-ethyl adjacent to an activating group) is 2. The number of rotatable bonds is 4. The number of carbonyl (C=O) groups is 2. The van der Waals surface area contributed by atoms with E-state index >= 15 is 0 Å². The summed E-state index contributed by atoms with van der Waals surface area (Å²) in [5, 5.41) is 0.740. The van der Waals surface area contributed by atoms with Gasteiger partial charge in [-0.1, -0.05) is 35.9 Å². The normalized spacial score (nSPS) is 20.1. The van der Waals surface area contributed by atoms with E-state index in [9.17, 15) is 9.59 Å². The highest BCUT2D eigenvalue weighted by atomic mass is 32.2. The summed E-state index contributed by atoms with van der Waals surface area (Å²) in [6.07, 6.45) is 1.80. The molecule has 6 nitrogen and oxygen atoms in total. The lowest BCUT2D eigenvalue weighted by atomic mass is 10.1. The highest BCUT2D eigenvalue weighted by Crippen LogP contribution is 2.24. The molecule has 0 spiro atoms. The van der Waals surface area contributed by atoms with Gasteiger partial charge in [-0.3, -0.25) is 14.6 Å². The SMILES string of the molecule is C=CCSC1=[N+](Cc2cccc(C)c2)C2C(=O)N(C)C(=O)N(C)C2=N1. The van der Waals surface area contributed by atoms with Crippen molar-refractivity contribution in [2.45, 2.75) is 19.5 Å². The molecule has 2 aliphatic heterocycles. The molecular formula is C18H21N4O2S+. The van der Waals surface area contributed by atoms with Gasteiger partial charge in [-0.2, -0.15) is 0 Å². The first kappa shape index (κ1) is 17.4. The molecule has 0 bridgehead atoms. The molecule has 0 aromatic heterocycles. The minimum Gasteiger partial charge on any atom is -0.269 e. The van der Waals surface area contributed by atoms with Gasteiger partial charge < -0.3 is 0 Å². The average Bonchev–Trinajstić information content (AvgIpc) is 2.95. The van der Waals surface area contributed by atoms with Gasteiger partial charge in [-0.25, -0.2) is 9.37 Å². The second-order valence-corrected chi connectivity index (χ2v) is 7.10. The number of imide groups is 1. The zero-order valence-corrected chi connectivity index (χ0v) is 15.4. The number of hydrogen-bond acceptors (Lipinski definition) is 4. The Labute approximate surface area is 151 Å². The van der Waals surface area contributed by atoms with Crippen molar-refractivity contribution in [3.05, 3.63) is 48.0 Å². The molecule has 3 amide bonds. The maximum absolute atomic E-state index is 12.8. The van der Waals surface area contributed by atoms with Crippen LogP contribution < -0.4 is 0 Å². The summed E-state index contributed by atoms with van der Waals surface area (Å²) in [6.45, 7) is 6.34. The first-order valence-electron chi connectivity index (χ1n) is 8.00. The summed E-state index contributed by atoms with van der Waals surface area (Å²) in [4.78, 5) is 32.2. The van der Waals surface area contributed by atoms with Gasteiger partial charge in [-0.05, 0) is 29.2 Å². The number of aryl methyl sites for hydroxylation is 1. The van der Waals surface area contributed by atoms with Crippen molar-refractivity contribution in [2.75, 3.05) is 19.8 Å². The van der Waals surface area contributed by atoms with Crippen molar-refractivity contribution in [1.29, 1.82) is 0 Å². The Hall–Kier alpha value is -2.41. The molecule has 7 heteroatoms. The summed E-state index contributed by atoms with van der Waals surface area (Å²) < 4.78 is 1.97. The van der Waals surface area contributed by atoms with Gasteiger partial charge in [0.15, 0.2) is 0 Å². The highest BCUT2D eigenvalue weighted by Gasteiger charge is 2.53. The Morgan fingerprint density at radius 2 is 2.08 bits per heavy atom. The fourth-order valence-corrected chi connectivity index (χ4v) is 3.75. The molecule has 3 rings (SSSR count). The highest BCUT2D eigenvalue weighted by molar-refractivity contribution is 8.13. The number of urea groups is 1. The Bertz CT molecular complexity index is 815. The molecule has 25 heavy (non-hydrogen) atoms. The van der Waals surface area contributed by atoms with Crippen LogP contribution in [0.4, 0.5) is 4.79 Å². The number of amides is 3. The molecule has 2 aliphatic rings. The fraction of sp³-hybridized carbons (Fsp3) is 0.333. The van der Waals surface area contributed by atoms with Crippen molar-refractivity contribution in [2.24, 2.45) is 4.99 Å². The van der Waals surface area contributed by atoms with E-state index in [1.807, 2.05) is 29.7 Å². The minimum atomic E-state index is -0.569. The first-order valence-corrected chi connectivity index (χ1v) is 8.99. The summed E-state index contributed by atoms with van der Waals surface area (Å²) in [5.41, 5.74) is 2.26. The van der Waals surface area contributed by atoms with Crippen LogP contribution >= 0.6 is 11.8 Å². The van der Waals surface area contributed by atoms with Gasteiger partial charge >= 0.3 is 11.2 Å². The average molecular weight is 357 g/mol.